The van der Waals surface area contributed by atoms with E-state index in [1.807, 2.05) is 0 Å². The third-order valence-corrected chi connectivity index (χ3v) is 10.3. The molecule has 38 heavy (non-hydrogen) atoms. The Kier molecular flexibility index (Phi) is 6.60. The minimum atomic E-state index is -0.814. The molecule has 4 aromatic carbocycles. The van der Waals surface area contributed by atoms with Gasteiger partial charge in [-0.3, -0.25) is 0 Å². The molecule has 0 radical (unpaired) electrons. The zero-order valence-electron chi connectivity index (χ0n) is 24.4. The van der Waals surface area contributed by atoms with E-state index < -0.39 is 7.92 Å². The van der Waals surface area contributed by atoms with E-state index >= 15 is 0 Å². The van der Waals surface area contributed by atoms with Gasteiger partial charge in [0.15, 0.2) is 0 Å². The Morgan fingerprint density at radius 2 is 1.05 bits per heavy atom. The van der Waals surface area contributed by atoms with Crippen molar-refractivity contribution in [1.29, 1.82) is 0 Å². The Morgan fingerprint density at radius 1 is 0.605 bits per heavy atom. The first kappa shape index (κ1) is 26.7. The average molecular weight is 521 g/mol. The zero-order chi connectivity index (χ0) is 27.5. The number of aryl methyl sites for hydroxylation is 1. The summed E-state index contributed by atoms with van der Waals surface area (Å²) in [4.78, 5) is 0. The Hall–Kier alpha value is -2.89. The van der Waals surface area contributed by atoms with Crippen LogP contribution in [0.1, 0.15) is 83.2 Å². The van der Waals surface area contributed by atoms with Crippen molar-refractivity contribution in [3.8, 4) is 11.5 Å². The molecule has 196 valence electrons. The molecular formula is C36H41OP. The van der Waals surface area contributed by atoms with Crippen LogP contribution in [0.5, 0.6) is 11.5 Å². The Bertz CT molecular complexity index is 1430. The van der Waals surface area contributed by atoms with Crippen LogP contribution in [0, 0.1) is 6.92 Å². The van der Waals surface area contributed by atoms with Gasteiger partial charge in [0.2, 0.25) is 0 Å². The SMILES string of the molecule is Cc1cc(C(C)(C)C)cc2c1Oc1c(P(c3ccccc3)c3ccccc3)cc(C(C)(C)C)cc1C2(C)C. The van der Waals surface area contributed by atoms with E-state index in [1.165, 1.54) is 43.7 Å². The molecule has 1 aliphatic heterocycles. The van der Waals surface area contributed by atoms with Gasteiger partial charge in [-0.25, -0.2) is 0 Å². The first-order valence-electron chi connectivity index (χ1n) is 13.7. The minimum absolute atomic E-state index is 0.0116. The molecule has 0 aromatic heterocycles. The zero-order valence-corrected chi connectivity index (χ0v) is 25.3. The molecule has 0 amide bonds. The monoisotopic (exact) mass is 520 g/mol. The number of rotatable bonds is 3. The highest BCUT2D eigenvalue weighted by molar-refractivity contribution is 7.80. The molecule has 0 atom stereocenters. The molecule has 1 heterocycles. The predicted molar refractivity (Wildman–Crippen MR) is 166 cm³/mol. The molecule has 2 heteroatoms. The molecule has 0 bridgehead atoms. The maximum absolute atomic E-state index is 7.05. The van der Waals surface area contributed by atoms with Gasteiger partial charge in [-0.15, -0.1) is 0 Å². The molecule has 1 aliphatic rings. The predicted octanol–water partition coefficient (Wildman–Crippen LogP) is 8.78. The van der Waals surface area contributed by atoms with E-state index in [1.54, 1.807) is 0 Å². The van der Waals surface area contributed by atoms with Crippen LogP contribution in [-0.4, -0.2) is 0 Å². The third-order valence-electron chi connectivity index (χ3n) is 7.90. The number of hydrogen-bond acceptors (Lipinski definition) is 1. The summed E-state index contributed by atoms with van der Waals surface area (Å²) in [7, 11) is -0.814. The van der Waals surface area contributed by atoms with Crippen molar-refractivity contribution < 1.29 is 4.74 Å². The lowest BCUT2D eigenvalue weighted by Crippen LogP contribution is -2.32. The third kappa shape index (κ3) is 4.71. The second-order valence-corrected chi connectivity index (χ2v) is 15.5. The lowest BCUT2D eigenvalue weighted by atomic mass is 9.71. The highest BCUT2D eigenvalue weighted by Gasteiger charge is 2.40. The second-order valence-electron chi connectivity index (χ2n) is 13.3. The van der Waals surface area contributed by atoms with Crippen molar-refractivity contribution in [2.24, 2.45) is 0 Å². The van der Waals surface area contributed by atoms with Gasteiger partial charge >= 0.3 is 0 Å². The molecule has 0 saturated heterocycles. The molecular weight excluding hydrogens is 479 g/mol. The fourth-order valence-electron chi connectivity index (χ4n) is 5.42. The van der Waals surface area contributed by atoms with Crippen LogP contribution in [0.15, 0.2) is 84.9 Å². The summed E-state index contributed by atoms with van der Waals surface area (Å²) in [5.41, 5.74) is 6.39. The average Bonchev–Trinajstić information content (AvgIpc) is 2.85. The van der Waals surface area contributed by atoms with Gasteiger partial charge in [0.1, 0.15) is 11.5 Å². The van der Waals surface area contributed by atoms with Crippen LogP contribution in [0.25, 0.3) is 0 Å². The first-order valence-corrected chi connectivity index (χ1v) is 15.1. The van der Waals surface area contributed by atoms with Crippen molar-refractivity contribution in [3.05, 3.63) is 113 Å². The summed E-state index contributed by atoms with van der Waals surface area (Å²) in [6, 6.07) is 31.5. The lowest BCUT2D eigenvalue weighted by Gasteiger charge is -2.40. The molecule has 0 aliphatic carbocycles. The molecule has 0 spiro atoms. The fraction of sp³-hybridized carbons (Fsp3) is 0.333. The summed E-state index contributed by atoms with van der Waals surface area (Å²) in [5.74, 6) is 2.07. The number of ether oxygens (including phenoxy) is 1. The molecule has 5 rings (SSSR count). The van der Waals surface area contributed by atoms with Gasteiger partial charge in [0.25, 0.3) is 0 Å². The van der Waals surface area contributed by atoms with Crippen LogP contribution < -0.4 is 20.7 Å². The molecule has 0 N–H and O–H groups in total. The van der Waals surface area contributed by atoms with Gasteiger partial charge in [0.05, 0.1) is 0 Å². The van der Waals surface area contributed by atoms with Crippen LogP contribution in [0.3, 0.4) is 0 Å². The minimum Gasteiger partial charge on any atom is -0.456 e. The molecule has 0 saturated carbocycles. The van der Waals surface area contributed by atoms with Crippen molar-refractivity contribution in [2.45, 2.75) is 78.6 Å². The van der Waals surface area contributed by atoms with E-state index in [2.05, 4.69) is 147 Å². The fourth-order valence-corrected chi connectivity index (χ4v) is 7.85. The van der Waals surface area contributed by atoms with Crippen LogP contribution in [0.2, 0.25) is 0 Å². The van der Waals surface area contributed by atoms with E-state index in [0.29, 0.717) is 0 Å². The van der Waals surface area contributed by atoms with Crippen molar-refractivity contribution in [2.75, 3.05) is 0 Å². The maximum atomic E-state index is 7.05. The highest BCUT2D eigenvalue weighted by Crippen LogP contribution is 2.53. The summed E-state index contributed by atoms with van der Waals surface area (Å²) in [6.07, 6.45) is 0. The first-order chi connectivity index (χ1) is 17.8. The largest absolute Gasteiger partial charge is 0.456 e. The van der Waals surface area contributed by atoms with Gasteiger partial charge in [0, 0.05) is 21.8 Å². The number of benzene rings is 4. The van der Waals surface area contributed by atoms with Gasteiger partial charge in [-0.05, 0) is 59.0 Å². The quantitative estimate of drug-likeness (QED) is 0.245. The van der Waals surface area contributed by atoms with Gasteiger partial charge in [-0.1, -0.05) is 134 Å². The lowest BCUT2D eigenvalue weighted by molar-refractivity contribution is 0.415. The Labute approximate surface area is 231 Å². The number of fused-ring (bicyclic) bond motifs is 2. The smallest absolute Gasteiger partial charge is 0.139 e. The van der Waals surface area contributed by atoms with E-state index in [0.717, 1.165) is 11.5 Å². The standard InChI is InChI=1S/C36H41OP/c1-24-20-25(34(2,3)4)21-29-32(24)37-33-30(36(29,8)9)22-26(35(5,6)7)23-31(33)38(27-16-12-10-13-17-27)28-18-14-11-15-19-28/h10-23H,1-9H3. The summed E-state index contributed by atoms with van der Waals surface area (Å²) < 4.78 is 7.05. The maximum Gasteiger partial charge on any atom is 0.139 e. The molecule has 1 nitrogen and oxygen atoms in total. The van der Waals surface area contributed by atoms with E-state index in [-0.39, 0.29) is 16.2 Å². The van der Waals surface area contributed by atoms with Crippen molar-refractivity contribution in [3.63, 3.8) is 0 Å². The van der Waals surface area contributed by atoms with Crippen molar-refractivity contribution >= 4 is 23.8 Å². The highest BCUT2D eigenvalue weighted by atomic mass is 31.1. The topological polar surface area (TPSA) is 9.23 Å². The summed E-state index contributed by atoms with van der Waals surface area (Å²) in [5, 5.41) is 3.99. The van der Waals surface area contributed by atoms with Crippen molar-refractivity contribution in [1.82, 2.24) is 0 Å². The van der Waals surface area contributed by atoms with Gasteiger partial charge < -0.3 is 4.74 Å². The Morgan fingerprint density at radius 3 is 1.53 bits per heavy atom. The second kappa shape index (κ2) is 9.39. The molecule has 0 fully saturated rings. The van der Waals surface area contributed by atoms with Crippen LogP contribution in [-0.2, 0) is 16.2 Å². The summed E-state index contributed by atoms with van der Waals surface area (Å²) >= 11 is 0. The van der Waals surface area contributed by atoms with Crippen LogP contribution in [0.4, 0.5) is 0 Å². The van der Waals surface area contributed by atoms with E-state index in [9.17, 15) is 0 Å². The molecule has 0 unspecified atom stereocenters. The van der Waals surface area contributed by atoms with Crippen LogP contribution >= 0.6 is 7.92 Å². The molecule has 4 aromatic rings. The summed E-state index contributed by atoms with van der Waals surface area (Å²) in [6.45, 7) is 20.8. The van der Waals surface area contributed by atoms with Gasteiger partial charge in [-0.2, -0.15) is 0 Å². The van der Waals surface area contributed by atoms with E-state index in [4.69, 9.17) is 4.74 Å². The normalized spacial score (nSPS) is 14.6. The Balaban J connectivity index is 1.84. The number of hydrogen-bond donors (Lipinski definition) is 0.